The molecule has 12 heteroatoms. The number of benzene rings is 1. The Labute approximate surface area is 211 Å². The van der Waals surface area contributed by atoms with Crippen molar-refractivity contribution >= 4 is 44.7 Å². The Morgan fingerprint density at radius 2 is 1.89 bits per heavy atom. The summed E-state index contributed by atoms with van der Waals surface area (Å²) >= 11 is 0. The van der Waals surface area contributed by atoms with E-state index in [-0.39, 0.29) is 29.6 Å². The second kappa shape index (κ2) is 10.4. The third-order valence-electron chi connectivity index (χ3n) is 6.49. The lowest BCUT2D eigenvalue weighted by Gasteiger charge is -2.30. The number of nitrogens with two attached hydrogens (primary N) is 2. The topological polar surface area (TPSA) is 162 Å². The molecule has 0 unspecified atom stereocenters. The second-order valence-electron chi connectivity index (χ2n) is 9.69. The Hall–Kier alpha value is -3.25. The van der Waals surface area contributed by atoms with Crippen LogP contribution in [0.5, 0.6) is 0 Å². The Balaban J connectivity index is 1.82. The molecule has 0 saturated heterocycles. The van der Waals surface area contributed by atoms with Gasteiger partial charge in [0.2, 0.25) is 11.9 Å². The zero-order chi connectivity index (χ0) is 26.0. The first-order valence-electron chi connectivity index (χ1n) is 12.3. The van der Waals surface area contributed by atoms with E-state index in [1.807, 2.05) is 19.1 Å². The minimum Gasteiger partial charge on any atom is -0.369 e. The fourth-order valence-corrected chi connectivity index (χ4v) is 5.59. The lowest BCUT2D eigenvalue weighted by Crippen LogP contribution is -2.41. The quantitative estimate of drug-likeness (QED) is 0.395. The predicted octanol–water partition coefficient (Wildman–Crippen LogP) is 2.84. The number of primary amides is 1. The average molecular weight is 515 g/mol. The van der Waals surface area contributed by atoms with Crippen LogP contribution in [-0.4, -0.2) is 39.9 Å². The van der Waals surface area contributed by atoms with Gasteiger partial charge in [0.15, 0.2) is 17.0 Å². The third kappa shape index (κ3) is 5.44. The first-order valence-corrected chi connectivity index (χ1v) is 13.8. The number of aryl methyl sites for hydroxylation is 1. The van der Waals surface area contributed by atoms with Gasteiger partial charge in [0.1, 0.15) is 0 Å². The van der Waals surface area contributed by atoms with Crippen molar-refractivity contribution < 1.29 is 13.2 Å². The van der Waals surface area contributed by atoms with Crippen LogP contribution in [0.15, 0.2) is 30.6 Å². The third-order valence-corrected chi connectivity index (χ3v) is 7.39. The van der Waals surface area contributed by atoms with Crippen LogP contribution >= 0.6 is 0 Å². The van der Waals surface area contributed by atoms with Crippen molar-refractivity contribution in [1.82, 2.24) is 19.5 Å². The van der Waals surface area contributed by atoms with Crippen LogP contribution in [0.3, 0.4) is 0 Å². The summed E-state index contributed by atoms with van der Waals surface area (Å²) in [6.45, 7) is 6.75. The summed E-state index contributed by atoms with van der Waals surface area (Å²) in [6.07, 6.45) is 5.73. The number of nitrogens with one attached hydrogen (secondary N) is 1. The Morgan fingerprint density at radius 1 is 1.19 bits per heavy atom. The van der Waals surface area contributed by atoms with E-state index in [0.717, 1.165) is 35.6 Å². The molecule has 0 spiro atoms. The number of fused-ring (bicyclic) bond motifs is 1. The highest BCUT2D eigenvalue weighted by Gasteiger charge is 2.32. The summed E-state index contributed by atoms with van der Waals surface area (Å²) in [5, 5.41) is 8.96. The average Bonchev–Trinajstić information content (AvgIpc) is 3.22. The highest BCUT2D eigenvalue weighted by Crippen LogP contribution is 2.34. The molecule has 4 rings (SSSR count). The summed E-state index contributed by atoms with van der Waals surface area (Å²) in [5.41, 5.74) is 7.84. The van der Waals surface area contributed by atoms with Gasteiger partial charge >= 0.3 is 10.2 Å². The molecular formula is C24H34N8O3S. The van der Waals surface area contributed by atoms with Gasteiger partial charge in [-0.1, -0.05) is 38.8 Å². The molecule has 2 atom stereocenters. The van der Waals surface area contributed by atoms with E-state index in [4.69, 9.17) is 10.9 Å². The summed E-state index contributed by atoms with van der Waals surface area (Å²) in [4.78, 5) is 25.6. The lowest BCUT2D eigenvalue weighted by atomic mass is 9.84. The van der Waals surface area contributed by atoms with Crippen LogP contribution in [-0.2, 0) is 28.0 Å². The van der Waals surface area contributed by atoms with Crippen LogP contribution in [0.1, 0.15) is 52.0 Å². The maximum Gasteiger partial charge on any atom is 0.304 e. The van der Waals surface area contributed by atoms with Gasteiger partial charge in [-0.2, -0.15) is 18.4 Å². The molecule has 2 aromatic heterocycles. The fraction of sp³-hybridized carbons (Fsp3) is 0.500. The molecule has 5 N–H and O–H groups in total. The second-order valence-corrected chi connectivity index (χ2v) is 11.1. The fourth-order valence-electron chi connectivity index (χ4n) is 4.81. The number of nitrogens with zero attached hydrogens (tertiary/aromatic N) is 5. The molecule has 0 aliphatic heterocycles. The number of carbonyl (C=O) groups excluding carboxylic acids is 1. The number of amides is 1. The Kier molecular flexibility index (Phi) is 7.46. The molecule has 1 aliphatic carbocycles. The van der Waals surface area contributed by atoms with Gasteiger partial charge in [0.05, 0.1) is 17.9 Å². The molecular weight excluding hydrogens is 480 g/mol. The van der Waals surface area contributed by atoms with Gasteiger partial charge in [-0.05, 0) is 49.8 Å². The highest BCUT2D eigenvalue weighted by atomic mass is 32.2. The molecule has 36 heavy (non-hydrogen) atoms. The highest BCUT2D eigenvalue weighted by molar-refractivity contribution is 7.90. The maximum absolute atomic E-state index is 12.9. The van der Waals surface area contributed by atoms with Crippen molar-refractivity contribution in [3.8, 4) is 0 Å². The minimum atomic E-state index is -4.28. The van der Waals surface area contributed by atoms with E-state index in [9.17, 15) is 13.2 Å². The van der Waals surface area contributed by atoms with Crippen molar-refractivity contribution in [3.63, 3.8) is 0 Å². The number of carbonyl (C=O) groups is 1. The van der Waals surface area contributed by atoms with Crippen LogP contribution in [0.2, 0.25) is 0 Å². The molecule has 194 valence electrons. The van der Waals surface area contributed by atoms with Crippen molar-refractivity contribution in [2.24, 2.45) is 22.7 Å². The predicted molar refractivity (Wildman–Crippen MR) is 140 cm³/mol. The van der Waals surface area contributed by atoms with Gasteiger partial charge in [-0.15, -0.1) is 0 Å². The smallest absolute Gasteiger partial charge is 0.304 e. The molecule has 1 saturated carbocycles. The van der Waals surface area contributed by atoms with Crippen molar-refractivity contribution in [1.29, 1.82) is 0 Å². The summed E-state index contributed by atoms with van der Waals surface area (Å²) in [7, 11) is -4.28. The van der Waals surface area contributed by atoms with Crippen molar-refractivity contribution in [2.75, 3.05) is 9.62 Å². The van der Waals surface area contributed by atoms with Crippen LogP contribution in [0.4, 0.5) is 17.5 Å². The van der Waals surface area contributed by atoms with Crippen molar-refractivity contribution in [2.45, 2.75) is 65.5 Å². The Bertz CT molecular complexity index is 1340. The molecule has 2 heterocycles. The molecule has 0 radical (unpaired) electrons. The maximum atomic E-state index is 12.9. The molecule has 1 amide bonds. The van der Waals surface area contributed by atoms with Gasteiger partial charge in [0, 0.05) is 12.6 Å². The zero-order valence-corrected chi connectivity index (χ0v) is 21.7. The largest absolute Gasteiger partial charge is 0.369 e. The van der Waals surface area contributed by atoms with Crippen molar-refractivity contribution in [3.05, 3.63) is 36.2 Å². The number of aromatic nitrogens is 4. The van der Waals surface area contributed by atoms with E-state index < -0.39 is 10.2 Å². The van der Waals surface area contributed by atoms with E-state index in [0.29, 0.717) is 35.7 Å². The van der Waals surface area contributed by atoms with Gasteiger partial charge in [0.25, 0.3) is 0 Å². The molecule has 3 aromatic rings. The number of hydrogen-bond donors (Lipinski definition) is 3. The van der Waals surface area contributed by atoms with Gasteiger partial charge < -0.3 is 15.6 Å². The first-order chi connectivity index (χ1) is 17.1. The van der Waals surface area contributed by atoms with Gasteiger partial charge in [-0.25, -0.2) is 14.4 Å². The SMILES string of the molecule is CCn1cnc2c(N(c3ccc(CC(C)C)cc3)S(N)(=O)=O)nc(N[C@H]3CCCC[C@H]3C(N)=O)nc21. The Morgan fingerprint density at radius 3 is 2.50 bits per heavy atom. The normalized spacial score (nSPS) is 18.5. The van der Waals surface area contributed by atoms with E-state index >= 15 is 0 Å². The van der Waals surface area contributed by atoms with Crippen LogP contribution in [0, 0.1) is 11.8 Å². The van der Waals surface area contributed by atoms with Crippen LogP contribution in [0.25, 0.3) is 11.2 Å². The molecule has 0 bridgehead atoms. The number of anilines is 3. The molecule has 11 nitrogen and oxygen atoms in total. The first kappa shape index (κ1) is 25.8. The lowest BCUT2D eigenvalue weighted by molar-refractivity contribution is -0.122. The van der Waals surface area contributed by atoms with Crippen LogP contribution < -0.4 is 20.5 Å². The number of imidazole rings is 1. The number of rotatable bonds is 9. The molecule has 1 aromatic carbocycles. The standard InChI is InChI=1S/C24H34N8O3S/c1-4-31-14-27-20-22(31)29-24(28-19-8-6-5-7-18(19)21(25)33)30-23(20)32(36(26,34)35)17-11-9-16(10-12-17)13-15(2)3/h9-12,14-15,18-19H,4-8,13H2,1-3H3,(H2,25,33)(H2,26,34,35)(H,28,29,30)/t18-,19+/m1/s1. The monoisotopic (exact) mass is 514 g/mol. The summed E-state index contributed by atoms with van der Waals surface area (Å²) < 4.78 is 28.6. The number of hydrogen-bond acceptors (Lipinski definition) is 7. The minimum absolute atomic E-state index is 0.0419. The zero-order valence-electron chi connectivity index (χ0n) is 20.9. The summed E-state index contributed by atoms with van der Waals surface area (Å²) in [6, 6.07) is 6.94. The summed E-state index contributed by atoms with van der Waals surface area (Å²) in [5.74, 6) is -0.0429. The van der Waals surface area contributed by atoms with Gasteiger partial charge in [-0.3, -0.25) is 4.79 Å². The molecule has 1 fully saturated rings. The van der Waals surface area contributed by atoms with E-state index in [2.05, 4.69) is 34.1 Å². The van der Waals surface area contributed by atoms with E-state index in [1.165, 1.54) is 0 Å². The van der Waals surface area contributed by atoms with E-state index in [1.54, 1.807) is 23.0 Å². The molecule has 1 aliphatic rings.